The maximum atomic E-state index is 12.5. The van der Waals surface area contributed by atoms with Crippen molar-refractivity contribution in [3.8, 4) is 11.4 Å². The normalized spacial score (nSPS) is 12.7. The van der Waals surface area contributed by atoms with Crippen molar-refractivity contribution in [2.75, 3.05) is 7.11 Å². The van der Waals surface area contributed by atoms with Crippen molar-refractivity contribution in [3.05, 3.63) is 72.8 Å². The number of aromatic nitrogens is 2. The number of nitrogens with zero attached hydrogens (tertiary/aromatic N) is 2. The van der Waals surface area contributed by atoms with E-state index < -0.39 is 10.0 Å². The van der Waals surface area contributed by atoms with Crippen LogP contribution in [0.25, 0.3) is 5.69 Å². The highest BCUT2D eigenvalue weighted by Gasteiger charge is 2.18. The number of ether oxygens (including phenoxy) is 1. The van der Waals surface area contributed by atoms with Gasteiger partial charge in [-0.2, -0.15) is 0 Å². The molecule has 0 aliphatic rings. The Hall–Kier alpha value is -2.64. The van der Waals surface area contributed by atoms with Crippen LogP contribution in [0.2, 0.25) is 0 Å². The minimum atomic E-state index is -3.61. The molecule has 1 N–H and O–H groups in total. The highest BCUT2D eigenvalue weighted by molar-refractivity contribution is 7.89. The van der Waals surface area contributed by atoms with Gasteiger partial charge in [0.05, 0.1) is 18.3 Å². The van der Waals surface area contributed by atoms with E-state index in [1.54, 1.807) is 24.7 Å². The first-order valence-electron chi connectivity index (χ1n) is 7.74. The molecule has 1 atom stereocenters. The van der Waals surface area contributed by atoms with Crippen molar-refractivity contribution in [2.45, 2.75) is 17.9 Å². The SMILES string of the molecule is COc1ccc(S(=O)(=O)N[C@H](C)c2ccc(-n3ccnc3)cc2)cc1. The number of benzene rings is 2. The highest BCUT2D eigenvalue weighted by Crippen LogP contribution is 2.20. The molecule has 0 radical (unpaired) electrons. The predicted molar refractivity (Wildman–Crippen MR) is 95.3 cm³/mol. The molecule has 2 aromatic carbocycles. The standard InChI is InChI=1S/C18H19N3O3S/c1-14(15-3-5-16(6-4-15)21-12-11-19-13-21)20-25(22,23)18-9-7-17(24-2)8-10-18/h3-14,20H,1-2H3/t14-/m1/s1. The molecular weight excluding hydrogens is 338 g/mol. The third-order valence-corrected chi connectivity index (χ3v) is 5.45. The quantitative estimate of drug-likeness (QED) is 0.736. The van der Waals surface area contributed by atoms with Gasteiger partial charge in [0.15, 0.2) is 0 Å². The average Bonchev–Trinajstić information content (AvgIpc) is 3.16. The lowest BCUT2D eigenvalue weighted by Crippen LogP contribution is -2.26. The first-order chi connectivity index (χ1) is 12.0. The Balaban J connectivity index is 1.75. The van der Waals surface area contributed by atoms with Crippen molar-refractivity contribution in [1.82, 2.24) is 14.3 Å². The summed E-state index contributed by atoms with van der Waals surface area (Å²) in [5, 5.41) is 0. The molecule has 0 aliphatic carbocycles. The summed E-state index contributed by atoms with van der Waals surface area (Å²) in [7, 11) is -2.07. The second-order valence-electron chi connectivity index (χ2n) is 5.58. The Labute approximate surface area is 147 Å². The zero-order valence-corrected chi connectivity index (χ0v) is 14.8. The molecule has 0 spiro atoms. The zero-order valence-electron chi connectivity index (χ0n) is 14.0. The molecule has 0 saturated carbocycles. The van der Waals surface area contributed by atoms with Crippen LogP contribution in [0.5, 0.6) is 5.75 Å². The van der Waals surface area contributed by atoms with Gasteiger partial charge in [0.1, 0.15) is 5.75 Å². The van der Waals surface area contributed by atoms with Crippen LogP contribution >= 0.6 is 0 Å². The van der Waals surface area contributed by atoms with E-state index in [1.807, 2.05) is 42.0 Å². The molecule has 7 heteroatoms. The van der Waals surface area contributed by atoms with Gasteiger partial charge in [-0.15, -0.1) is 0 Å². The molecule has 3 aromatic rings. The van der Waals surface area contributed by atoms with E-state index >= 15 is 0 Å². The molecule has 0 saturated heterocycles. The third-order valence-electron chi connectivity index (χ3n) is 3.90. The zero-order chi connectivity index (χ0) is 17.9. The molecule has 0 amide bonds. The summed E-state index contributed by atoms with van der Waals surface area (Å²) in [6.45, 7) is 1.81. The summed E-state index contributed by atoms with van der Waals surface area (Å²) in [4.78, 5) is 4.22. The van der Waals surface area contributed by atoms with Crippen molar-refractivity contribution in [1.29, 1.82) is 0 Å². The Kier molecular flexibility index (Phi) is 4.87. The van der Waals surface area contributed by atoms with Gasteiger partial charge in [-0.25, -0.2) is 18.1 Å². The highest BCUT2D eigenvalue weighted by atomic mass is 32.2. The van der Waals surface area contributed by atoms with Gasteiger partial charge in [-0.3, -0.25) is 0 Å². The average molecular weight is 357 g/mol. The lowest BCUT2D eigenvalue weighted by molar-refractivity contribution is 0.414. The van der Waals surface area contributed by atoms with Crippen molar-refractivity contribution < 1.29 is 13.2 Å². The van der Waals surface area contributed by atoms with Gasteiger partial charge in [-0.1, -0.05) is 12.1 Å². The second-order valence-corrected chi connectivity index (χ2v) is 7.29. The number of rotatable bonds is 6. The fourth-order valence-corrected chi connectivity index (χ4v) is 3.70. The fraction of sp³-hybridized carbons (Fsp3) is 0.167. The summed E-state index contributed by atoms with van der Waals surface area (Å²) < 4.78 is 34.6. The lowest BCUT2D eigenvalue weighted by atomic mass is 10.1. The molecule has 3 rings (SSSR count). The van der Waals surface area contributed by atoms with Crippen molar-refractivity contribution >= 4 is 10.0 Å². The number of hydrogen-bond acceptors (Lipinski definition) is 4. The molecular formula is C18H19N3O3S. The lowest BCUT2D eigenvalue weighted by Gasteiger charge is -2.15. The molecule has 1 aromatic heterocycles. The van der Waals surface area contributed by atoms with Crippen LogP contribution in [-0.2, 0) is 10.0 Å². The predicted octanol–water partition coefficient (Wildman–Crippen LogP) is 2.92. The summed E-state index contributed by atoms with van der Waals surface area (Å²) >= 11 is 0. The Morgan fingerprint density at radius 1 is 1.08 bits per heavy atom. The summed E-state index contributed by atoms with van der Waals surface area (Å²) in [5.74, 6) is 0.613. The van der Waals surface area contributed by atoms with Crippen LogP contribution in [-0.4, -0.2) is 25.1 Å². The molecule has 0 fully saturated rings. The minimum Gasteiger partial charge on any atom is -0.497 e. The van der Waals surface area contributed by atoms with Crippen LogP contribution < -0.4 is 9.46 Å². The van der Waals surface area contributed by atoms with E-state index in [1.165, 1.54) is 19.2 Å². The summed E-state index contributed by atoms with van der Waals surface area (Å²) in [5.41, 5.74) is 1.84. The molecule has 130 valence electrons. The van der Waals surface area contributed by atoms with Gasteiger partial charge >= 0.3 is 0 Å². The van der Waals surface area contributed by atoms with E-state index in [0.29, 0.717) is 5.75 Å². The van der Waals surface area contributed by atoms with Gasteiger partial charge in [0.25, 0.3) is 0 Å². The molecule has 0 bridgehead atoms. The maximum absolute atomic E-state index is 12.5. The summed E-state index contributed by atoms with van der Waals surface area (Å²) in [6.07, 6.45) is 5.27. The van der Waals surface area contributed by atoms with Crippen molar-refractivity contribution in [2.24, 2.45) is 0 Å². The van der Waals surface area contributed by atoms with E-state index in [0.717, 1.165) is 11.3 Å². The van der Waals surface area contributed by atoms with Crippen molar-refractivity contribution in [3.63, 3.8) is 0 Å². The number of nitrogens with one attached hydrogen (secondary N) is 1. The van der Waals surface area contributed by atoms with Gasteiger partial charge in [-0.05, 0) is 48.9 Å². The fourth-order valence-electron chi connectivity index (χ4n) is 2.47. The van der Waals surface area contributed by atoms with Crippen LogP contribution in [0.4, 0.5) is 0 Å². The van der Waals surface area contributed by atoms with Gasteiger partial charge < -0.3 is 9.30 Å². The first kappa shape index (κ1) is 17.2. The Bertz CT molecular complexity index is 919. The Morgan fingerprint density at radius 3 is 2.32 bits per heavy atom. The van der Waals surface area contributed by atoms with Crippen LogP contribution in [0.1, 0.15) is 18.5 Å². The number of sulfonamides is 1. The summed E-state index contributed by atoms with van der Waals surface area (Å²) in [6, 6.07) is 13.6. The van der Waals surface area contributed by atoms with E-state index in [2.05, 4.69) is 9.71 Å². The molecule has 6 nitrogen and oxygen atoms in total. The number of imidazole rings is 1. The topological polar surface area (TPSA) is 73.2 Å². The monoisotopic (exact) mass is 357 g/mol. The molecule has 0 aliphatic heterocycles. The maximum Gasteiger partial charge on any atom is 0.241 e. The minimum absolute atomic E-state index is 0.204. The van der Waals surface area contributed by atoms with E-state index in [9.17, 15) is 8.42 Å². The largest absolute Gasteiger partial charge is 0.497 e. The van der Waals surface area contributed by atoms with Gasteiger partial charge in [0, 0.05) is 24.1 Å². The van der Waals surface area contributed by atoms with E-state index in [4.69, 9.17) is 4.74 Å². The van der Waals surface area contributed by atoms with Crippen LogP contribution in [0, 0.1) is 0 Å². The van der Waals surface area contributed by atoms with Crippen LogP contribution in [0.15, 0.2) is 72.1 Å². The third kappa shape index (κ3) is 3.89. The van der Waals surface area contributed by atoms with Crippen LogP contribution in [0.3, 0.4) is 0 Å². The first-order valence-corrected chi connectivity index (χ1v) is 9.22. The van der Waals surface area contributed by atoms with Gasteiger partial charge in [0.2, 0.25) is 10.0 Å². The Morgan fingerprint density at radius 2 is 1.76 bits per heavy atom. The smallest absolute Gasteiger partial charge is 0.241 e. The molecule has 1 heterocycles. The number of hydrogen-bond donors (Lipinski definition) is 1. The number of methoxy groups -OCH3 is 1. The molecule has 25 heavy (non-hydrogen) atoms. The molecule has 0 unspecified atom stereocenters. The second kappa shape index (κ2) is 7.08. The van der Waals surface area contributed by atoms with E-state index in [-0.39, 0.29) is 10.9 Å².